The molecule has 2 aromatic carbocycles. The molecule has 2 aromatic rings. The number of nitriles is 1. The lowest BCUT2D eigenvalue weighted by Gasteiger charge is -2.23. The van der Waals surface area contributed by atoms with Gasteiger partial charge in [-0.25, -0.2) is 13.1 Å². The van der Waals surface area contributed by atoms with Crippen LogP contribution in [0.3, 0.4) is 0 Å². The molecule has 3 rings (SSSR count). The van der Waals surface area contributed by atoms with Gasteiger partial charge in [0.15, 0.2) is 0 Å². The number of aliphatic hydroxyl groups excluding tert-OH is 2. The largest absolute Gasteiger partial charge is 0.390 e. The first-order chi connectivity index (χ1) is 11.9. The second-order valence-corrected chi connectivity index (χ2v) is 7.81. The van der Waals surface area contributed by atoms with E-state index < -0.39 is 28.3 Å². The van der Waals surface area contributed by atoms with Crippen molar-refractivity contribution in [2.24, 2.45) is 0 Å². The molecule has 0 aromatic heterocycles. The highest BCUT2D eigenvalue weighted by Gasteiger charge is 2.44. The molecule has 0 amide bonds. The molecule has 0 radical (unpaired) electrons. The molecule has 1 fully saturated rings. The summed E-state index contributed by atoms with van der Waals surface area (Å²) in [6, 6.07) is 15.8. The average molecular weight is 358 g/mol. The SMILES string of the molecule is N#Cc1ccc(S(=O)(=O)NC2C(c3ccccc3)CC(O)C2O)cc1. The number of hydrogen-bond donors (Lipinski definition) is 3. The first-order valence-electron chi connectivity index (χ1n) is 7.86. The summed E-state index contributed by atoms with van der Waals surface area (Å²) in [6.45, 7) is 0. The Hall–Kier alpha value is -2.24. The number of rotatable bonds is 4. The Balaban J connectivity index is 1.89. The molecular weight excluding hydrogens is 340 g/mol. The van der Waals surface area contributed by atoms with Gasteiger partial charge in [0.1, 0.15) is 0 Å². The van der Waals surface area contributed by atoms with Crippen molar-refractivity contribution in [3.8, 4) is 6.07 Å². The quantitative estimate of drug-likeness (QED) is 0.758. The summed E-state index contributed by atoms with van der Waals surface area (Å²) in [6.07, 6.45) is -1.93. The summed E-state index contributed by atoms with van der Waals surface area (Å²) in [5.74, 6) is -0.334. The van der Waals surface area contributed by atoms with Crippen LogP contribution in [-0.2, 0) is 10.0 Å². The fraction of sp³-hybridized carbons (Fsp3) is 0.278. The highest BCUT2D eigenvalue weighted by atomic mass is 32.2. The predicted molar refractivity (Wildman–Crippen MR) is 91.1 cm³/mol. The first-order valence-corrected chi connectivity index (χ1v) is 9.34. The van der Waals surface area contributed by atoms with Gasteiger partial charge >= 0.3 is 0 Å². The van der Waals surface area contributed by atoms with Crippen LogP contribution in [0.4, 0.5) is 0 Å². The fourth-order valence-electron chi connectivity index (χ4n) is 3.17. The first kappa shape index (κ1) is 17.6. The molecule has 1 aliphatic rings. The molecule has 0 aliphatic heterocycles. The van der Waals surface area contributed by atoms with Crippen molar-refractivity contribution >= 4 is 10.0 Å². The maximum Gasteiger partial charge on any atom is 0.240 e. The molecule has 130 valence electrons. The Labute approximate surface area is 146 Å². The van der Waals surface area contributed by atoms with Crippen molar-refractivity contribution < 1.29 is 18.6 Å². The van der Waals surface area contributed by atoms with Gasteiger partial charge in [-0.1, -0.05) is 30.3 Å². The van der Waals surface area contributed by atoms with Gasteiger partial charge in [-0.05, 0) is 36.2 Å². The monoisotopic (exact) mass is 358 g/mol. The minimum absolute atomic E-state index is 0.00639. The maximum atomic E-state index is 12.6. The number of nitrogens with one attached hydrogen (secondary N) is 1. The Kier molecular flexibility index (Phi) is 4.88. The fourth-order valence-corrected chi connectivity index (χ4v) is 4.47. The molecule has 4 atom stereocenters. The molecule has 1 saturated carbocycles. The van der Waals surface area contributed by atoms with Gasteiger partial charge in [-0.15, -0.1) is 0 Å². The zero-order chi connectivity index (χ0) is 18.0. The molecule has 0 bridgehead atoms. The number of sulfonamides is 1. The minimum atomic E-state index is -3.90. The molecule has 1 aliphatic carbocycles. The second-order valence-electron chi connectivity index (χ2n) is 6.09. The van der Waals surface area contributed by atoms with E-state index in [0.29, 0.717) is 5.56 Å². The summed E-state index contributed by atoms with van der Waals surface area (Å²) >= 11 is 0. The van der Waals surface area contributed by atoms with Crippen LogP contribution in [0.5, 0.6) is 0 Å². The highest BCUT2D eigenvalue weighted by molar-refractivity contribution is 7.89. The van der Waals surface area contributed by atoms with E-state index in [0.717, 1.165) is 5.56 Å². The summed E-state index contributed by atoms with van der Waals surface area (Å²) in [5.41, 5.74) is 1.21. The topological polar surface area (TPSA) is 110 Å². The van der Waals surface area contributed by atoms with E-state index in [2.05, 4.69) is 4.72 Å². The zero-order valence-electron chi connectivity index (χ0n) is 13.3. The van der Waals surface area contributed by atoms with E-state index in [1.165, 1.54) is 24.3 Å². The third kappa shape index (κ3) is 3.57. The summed E-state index contributed by atoms with van der Waals surface area (Å²) in [4.78, 5) is 0.00639. The smallest absolute Gasteiger partial charge is 0.240 e. The third-order valence-corrected chi connectivity index (χ3v) is 5.98. The van der Waals surface area contributed by atoms with Gasteiger partial charge < -0.3 is 10.2 Å². The molecular formula is C18H18N2O4S. The molecule has 3 N–H and O–H groups in total. The molecule has 25 heavy (non-hydrogen) atoms. The Bertz CT molecular complexity index is 876. The summed E-state index contributed by atoms with van der Waals surface area (Å²) in [7, 11) is -3.90. The van der Waals surface area contributed by atoms with Crippen LogP contribution in [0.2, 0.25) is 0 Å². The number of aliphatic hydroxyl groups is 2. The van der Waals surface area contributed by atoms with Crippen molar-refractivity contribution in [2.75, 3.05) is 0 Å². The summed E-state index contributed by atoms with van der Waals surface area (Å²) in [5, 5.41) is 29.1. The van der Waals surface area contributed by atoms with E-state index in [1.54, 1.807) is 0 Å². The van der Waals surface area contributed by atoms with Crippen molar-refractivity contribution in [2.45, 2.75) is 35.5 Å². The molecule has 4 unspecified atom stereocenters. The van der Waals surface area contributed by atoms with Crippen molar-refractivity contribution in [1.82, 2.24) is 4.72 Å². The van der Waals surface area contributed by atoms with Crippen LogP contribution < -0.4 is 4.72 Å². The van der Waals surface area contributed by atoms with Crippen LogP contribution in [0.25, 0.3) is 0 Å². The standard InChI is InChI=1S/C18H18N2O4S/c19-11-12-6-8-14(9-7-12)25(23,24)20-17-15(10-16(21)18(17)22)13-4-2-1-3-5-13/h1-9,15-18,20-22H,10H2. The van der Waals surface area contributed by atoms with Gasteiger partial charge in [0.2, 0.25) is 10.0 Å². The number of hydrogen-bond acceptors (Lipinski definition) is 5. The molecule has 6 nitrogen and oxygen atoms in total. The Morgan fingerprint density at radius 1 is 1.04 bits per heavy atom. The maximum absolute atomic E-state index is 12.6. The van der Waals surface area contributed by atoms with Crippen LogP contribution in [-0.4, -0.2) is 36.9 Å². The van der Waals surface area contributed by atoms with Gasteiger partial charge in [0.25, 0.3) is 0 Å². The van der Waals surface area contributed by atoms with Gasteiger partial charge in [0, 0.05) is 5.92 Å². The minimum Gasteiger partial charge on any atom is -0.390 e. The highest BCUT2D eigenvalue weighted by Crippen LogP contribution is 2.36. The molecule has 0 heterocycles. The lowest BCUT2D eigenvalue weighted by molar-refractivity contribution is 0.0338. The Morgan fingerprint density at radius 3 is 2.28 bits per heavy atom. The lowest BCUT2D eigenvalue weighted by Crippen LogP contribution is -2.45. The molecule has 0 spiro atoms. The van der Waals surface area contributed by atoms with E-state index >= 15 is 0 Å². The van der Waals surface area contributed by atoms with Gasteiger partial charge in [0.05, 0.1) is 34.8 Å². The van der Waals surface area contributed by atoms with Crippen LogP contribution in [0.15, 0.2) is 59.5 Å². The van der Waals surface area contributed by atoms with Crippen LogP contribution in [0, 0.1) is 11.3 Å². The van der Waals surface area contributed by atoms with E-state index in [9.17, 15) is 18.6 Å². The third-order valence-electron chi connectivity index (χ3n) is 4.50. The van der Waals surface area contributed by atoms with E-state index in [4.69, 9.17) is 5.26 Å². The lowest BCUT2D eigenvalue weighted by atomic mass is 9.94. The van der Waals surface area contributed by atoms with Crippen molar-refractivity contribution in [1.29, 1.82) is 5.26 Å². The van der Waals surface area contributed by atoms with E-state index in [-0.39, 0.29) is 17.2 Å². The normalized spacial score (nSPS) is 26.3. The second kappa shape index (κ2) is 6.94. The van der Waals surface area contributed by atoms with Gasteiger partial charge in [-0.3, -0.25) is 0 Å². The predicted octanol–water partition coefficient (Wildman–Crippen LogP) is 1.11. The summed E-state index contributed by atoms with van der Waals surface area (Å²) < 4.78 is 27.8. The molecule has 0 saturated heterocycles. The zero-order valence-corrected chi connectivity index (χ0v) is 14.1. The average Bonchev–Trinajstić information content (AvgIpc) is 2.90. The van der Waals surface area contributed by atoms with E-state index in [1.807, 2.05) is 36.4 Å². The van der Waals surface area contributed by atoms with Crippen molar-refractivity contribution in [3.05, 3.63) is 65.7 Å². The number of benzene rings is 2. The van der Waals surface area contributed by atoms with Gasteiger partial charge in [-0.2, -0.15) is 5.26 Å². The van der Waals surface area contributed by atoms with Crippen molar-refractivity contribution in [3.63, 3.8) is 0 Å². The molecule has 7 heteroatoms. The number of nitrogens with zero attached hydrogens (tertiary/aromatic N) is 1. The van der Waals surface area contributed by atoms with Crippen LogP contribution in [0.1, 0.15) is 23.5 Å². The van der Waals surface area contributed by atoms with Crippen LogP contribution >= 0.6 is 0 Å². The Morgan fingerprint density at radius 2 is 1.68 bits per heavy atom.